The maximum absolute atomic E-state index is 11.8. The molecular weight excluding hydrogens is 418 g/mol. The summed E-state index contributed by atoms with van der Waals surface area (Å²) in [6.45, 7) is 11.9. The standard InChI is InChI=1S/C11H16N2O3.C10H9NO.C3H8.C2H6/c1-2-8-5-10(16-12-8)6-11(15)13-4-3-9(14)7-13;1-2-9-3-5-10(6-4-9)7-11-8-12;1-3-2;1-2/h5,9,14H,2-4,6-7H2,1H3;1,3-6,8H,7H2,(H,11,12);3H2,1-2H3;1-2H3. The van der Waals surface area contributed by atoms with Gasteiger partial charge >= 0.3 is 0 Å². The Morgan fingerprint density at radius 1 is 1.30 bits per heavy atom. The molecule has 2 N–H and O–H groups in total. The number of aliphatic hydroxyl groups is 1. The zero-order valence-corrected chi connectivity index (χ0v) is 20.6. The number of carbonyl (C=O) groups is 2. The molecule has 1 unspecified atom stereocenters. The summed E-state index contributed by atoms with van der Waals surface area (Å²) in [5.74, 6) is 3.12. The van der Waals surface area contributed by atoms with Crippen LogP contribution in [0.2, 0.25) is 0 Å². The lowest BCUT2D eigenvalue weighted by molar-refractivity contribution is -0.130. The number of amides is 2. The molecular formula is C26H39N3O4. The highest BCUT2D eigenvalue weighted by Crippen LogP contribution is 2.12. The van der Waals surface area contributed by atoms with Crippen molar-refractivity contribution in [3.8, 4) is 12.3 Å². The Morgan fingerprint density at radius 2 is 1.94 bits per heavy atom. The van der Waals surface area contributed by atoms with Crippen molar-refractivity contribution in [2.75, 3.05) is 13.1 Å². The fourth-order valence-electron chi connectivity index (χ4n) is 2.71. The summed E-state index contributed by atoms with van der Waals surface area (Å²) in [6.07, 6.45) is 8.44. The van der Waals surface area contributed by atoms with Crippen molar-refractivity contribution < 1.29 is 19.2 Å². The summed E-state index contributed by atoms with van der Waals surface area (Å²) in [6, 6.07) is 9.30. The predicted molar refractivity (Wildman–Crippen MR) is 131 cm³/mol. The summed E-state index contributed by atoms with van der Waals surface area (Å²) in [4.78, 5) is 23.4. The van der Waals surface area contributed by atoms with E-state index in [1.165, 1.54) is 6.42 Å². The first-order valence-corrected chi connectivity index (χ1v) is 11.6. The topological polar surface area (TPSA) is 95.7 Å². The molecule has 1 fully saturated rings. The van der Waals surface area contributed by atoms with E-state index < -0.39 is 0 Å². The van der Waals surface area contributed by atoms with Crippen molar-refractivity contribution in [2.45, 2.75) is 73.0 Å². The van der Waals surface area contributed by atoms with Crippen LogP contribution in [0, 0.1) is 12.3 Å². The average Bonchev–Trinajstić information content (AvgIpc) is 3.49. The molecule has 1 aromatic carbocycles. The maximum atomic E-state index is 11.8. The smallest absolute Gasteiger partial charge is 0.230 e. The molecule has 2 amide bonds. The number of hydrogen-bond acceptors (Lipinski definition) is 5. The lowest BCUT2D eigenvalue weighted by Gasteiger charge is -2.13. The minimum Gasteiger partial charge on any atom is -0.391 e. The number of aryl methyl sites for hydroxylation is 1. The van der Waals surface area contributed by atoms with Gasteiger partial charge in [-0.15, -0.1) is 6.42 Å². The first-order valence-electron chi connectivity index (χ1n) is 11.6. The van der Waals surface area contributed by atoms with Crippen LogP contribution in [-0.2, 0) is 29.0 Å². The third-order valence-electron chi connectivity index (χ3n) is 4.32. The molecule has 7 nitrogen and oxygen atoms in total. The third-order valence-corrected chi connectivity index (χ3v) is 4.32. The number of likely N-dealkylation sites (tertiary alicyclic amines) is 1. The largest absolute Gasteiger partial charge is 0.391 e. The van der Waals surface area contributed by atoms with Crippen molar-refractivity contribution in [3.05, 3.63) is 52.9 Å². The van der Waals surface area contributed by atoms with Crippen molar-refractivity contribution in [1.29, 1.82) is 0 Å². The molecule has 1 aliphatic heterocycles. The summed E-state index contributed by atoms with van der Waals surface area (Å²) in [5, 5.41) is 15.7. The molecule has 1 saturated heterocycles. The number of terminal acetylenes is 1. The Balaban J connectivity index is 0.000000535. The Hall–Kier alpha value is -3.11. The first-order chi connectivity index (χ1) is 16.0. The van der Waals surface area contributed by atoms with Crippen LogP contribution in [0.15, 0.2) is 34.9 Å². The minimum absolute atomic E-state index is 0.00430. The van der Waals surface area contributed by atoms with E-state index in [4.69, 9.17) is 10.9 Å². The highest BCUT2D eigenvalue weighted by molar-refractivity contribution is 5.78. The van der Waals surface area contributed by atoms with Gasteiger partial charge in [0.2, 0.25) is 12.3 Å². The van der Waals surface area contributed by atoms with E-state index >= 15 is 0 Å². The summed E-state index contributed by atoms with van der Waals surface area (Å²) in [7, 11) is 0. The molecule has 1 atom stereocenters. The van der Waals surface area contributed by atoms with E-state index in [2.05, 4.69) is 30.2 Å². The second-order valence-corrected chi connectivity index (χ2v) is 7.14. The SMILES string of the molecule is C#Cc1ccc(CNC=O)cc1.CC.CCC.CCc1cc(CC(=O)N2CCC(O)C2)on1. The van der Waals surface area contributed by atoms with Gasteiger partial charge in [-0.1, -0.05) is 64.2 Å². The third kappa shape index (κ3) is 12.5. The van der Waals surface area contributed by atoms with Gasteiger partial charge in [0.05, 0.1) is 18.2 Å². The Bertz CT molecular complexity index is 825. The lowest BCUT2D eigenvalue weighted by atomic mass is 10.1. The van der Waals surface area contributed by atoms with Gasteiger partial charge in [0.1, 0.15) is 5.76 Å². The van der Waals surface area contributed by atoms with Crippen LogP contribution >= 0.6 is 0 Å². The molecule has 1 aliphatic rings. The number of aromatic nitrogens is 1. The average molecular weight is 458 g/mol. The molecule has 0 radical (unpaired) electrons. The number of carbonyl (C=O) groups excluding carboxylic acids is 2. The van der Waals surface area contributed by atoms with E-state index in [0.717, 1.165) is 23.2 Å². The number of nitrogens with zero attached hydrogens (tertiary/aromatic N) is 2. The molecule has 182 valence electrons. The van der Waals surface area contributed by atoms with E-state index in [1.54, 1.807) is 4.90 Å². The summed E-state index contributed by atoms with van der Waals surface area (Å²) < 4.78 is 5.05. The molecule has 2 aromatic rings. The van der Waals surface area contributed by atoms with Gasteiger partial charge in [-0.05, 0) is 30.5 Å². The highest BCUT2D eigenvalue weighted by Gasteiger charge is 2.25. The van der Waals surface area contributed by atoms with Crippen LogP contribution in [0.1, 0.15) is 70.0 Å². The molecule has 0 spiro atoms. The molecule has 0 bridgehead atoms. The van der Waals surface area contributed by atoms with Gasteiger partial charge in [-0.25, -0.2) is 0 Å². The monoisotopic (exact) mass is 457 g/mol. The van der Waals surface area contributed by atoms with Gasteiger partial charge in [0, 0.05) is 31.3 Å². The number of nitrogens with one attached hydrogen (secondary N) is 1. The summed E-state index contributed by atoms with van der Waals surface area (Å²) in [5.41, 5.74) is 2.76. The van der Waals surface area contributed by atoms with E-state index in [9.17, 15) is 14.7 Å². The normalized spacial score (nSPS) is 13.7. The van der Waals surface area contributed by atoms with Gasteiger partial charge in [0.15, 0.2) is 0 Å². The van der Waals surface area contributed by atoms with Gasteiger partial charge in [0.25, 0.3) is 0 Å². The van der Waals surface area contributed by atoms with Crippen LogP contribution in [0.25, 0.3) is 0 Å². The molecule has 0 aliphatic carbocycles. The second kappa shape index (κ2) is 18.5. The molecule has 0 saturated carbocycles. The minimum atomic E-state index is -0.370. The quantitative estimate of drug-likeness (QED) is 0.509. The summed E-state index contributed by atoms with van der Waals surface area (Å²) >= 11 is 0. The number of β-amino-alcohol motifs (C(OH)–C–C–N with tert-alkyl or cyclic N) is 1. The first kappa shape index (κ1) is 29.9. The van der Waals surface area contributed by atoms with E-state index in [-0.39, 0.29) is 18.4 Å². The Labute approximate surface area is 198 Å². The molecule has 33 heavy (non-hydrogen) atoms. The van der Waals surface area contributed by atoms with Gasteiger partial charge in [-0.2, -0.15) is 0 Å². The Kier molecular flexibility index (Phi) is 16.7. The maximum Gasteiger partial charge on any atom is 0.230 e. The van der Waals surface area contributed by atoms with Crippen molar-refractivity contribution >= 4 is 12.3 Å². The van der Waals surface area contributed by atoms with E-state index in [1.807, 2.05) is 51.1 Å². The Morgan fingerprint density at radius 3 is 2.39 bits per heavy atom. The van der Waals surface area contributed by atoms with Crippen molar-refractivity contribution in [1.82, 2.24) is 15.4 Å². The number of aliphatic hydroxyl groups excluding tert-OH is 1. The number of hydrogen-bond donors (Lipinski definition) is 2. The fraction of sp³-hybridized carbons (Fsp3) is 0.500. The zero-order chi connectivity index (χ0) is 25.1. The van der Waals surface area contributed by atoms with Crippen LogP contribution in [-0.4, -0.2) is 46.7 Å². The van der Waals surface area contributed by atoms with E-state index in [0.29, 0.717) is 38.2 Å². The number of rotatable bonds is 6. The zero-order valence-electron chi connectivity index (χ0n) is 20.6. The lowest BCUT2D eigenvalue weighted by Crippen LogP contribution is -2.30. The van der Waals surface area contributed by atoms with Crippen LogP contribution in [0.5, 0.6) is 0 Å². The molecule has 1 aromatic heterocycles. The second-order valence-electron chi connectivity index (χ2n) is 7.14. The van der Waals surface area contributed by atoms with Crippen LogP contribution in [0.4, 0.5) is 0 Å². The molecule has 7 heteroatoms. The van der Waals surface area contributed by atoms with Crippen LogP contribution < -0.4 is 5.32 Å². The highest BCUT2D eigenvalue weighted by atomic mass is 16.5. The van der Waals surface area contributed by atoms with Gasteiger partial charge in [-0.3, -0.25) is 9.59 Å². The molecule has 2 heterocycles. The fourth-order valence-corrected chi connectivity index (χ4v) is 2.71. The predicted octanol–water partition coefficient (Wildman–Crippen LogP) is 3.73. The van der Waals surface area contributed by atoms with Crippen molar-refractivity contribution in [2.24, 2.45) is 0 Å². The van der Waals surface area contributed by atoms with Gasteiger partial charge < -0.3 is 19.8 Å². The molecule has 3 rings (SSSR count). The van der Waals surface area contributed by atoms with Crippen molar-refractivity contribution in [3.63, 3.8) is 0 Å². The number of benzene rings is 1. The van der Waals surface area contributed by atoms with Crippen LogP contribution in [0.3, 0.4) is 0 Å².